The molecule has 2 heterocycles. The first kappa shape index (κ1) is 10.4. The van der Waals surface area contributed by atoms with Crippen molar-refractivity contribution in [3.63, 3.8) is 0 Å². The van der Waals surface area contributed by atoms with Gasteiger partial charge in [-0.3, -0.25) is 0 Å². The first-order valence-corrected chi connectivity index (χ1v) is 6.38. The molecule has 2 nitrogen and oxygen atoms in total. The van der Waals surface area contributed by atoms with E-state index in [2.05, 4.69) is 58.3 Å². The predicted octanol–water partition coefficient (Wildman–Crippen LogP) is 3.35. The summed E-state index contributed by atoms with van der Waals surface area (Å²) in [4.78, 5) is 3.54. The van der Waals surface area contributed by atoms with Crippen LogP contribution < -0.4 is 5.32 Å². The number of rotatable bonds is 0. The van der Waals surface area contributed by atoms with Crippen LogP contribution in [0.25, 0.3) is 10.9 Å². The van der Waals surface area contributed by atoms with Gasteiger partial charge in [-0.15, -0.1) is 0 Å². The summed E-state index contributed by atoms with van der Waals surface area (Å²) in [6, 6.07) is 6.45. The molecule has 3 heteroatoms. The van der Waals surface area contributed by atoms with Crippen molar-refractivity contribution in [1.29, 1.82) is 0 Å². The lowest BCUT2D eigenvalue weighted by atomic mass is 9.91. The van der Waals surface area contributed by atoms with E-state index in [1.165, 1.54) is 22.2 Å². The second kappa shape index (κ2) is 3.34. The van der Waals surface area contributed by atoms with Gasteiger partial charge in [0.25, 0.3) is 0 Å². The smallest absolute Gasteiger partial charge is 0.0470 e. The van der Waals surface area contributed by atoms with Gasteiger partial charge in [0.1, 0.15) is 0 Å². The van der Waals surface area contributed by atoms with E-state index in [4.69, 9.17) is 0 Å². The highest BCUT2D eigenvalue weighted by atomic mass is 79.9. The predicted molar refractivity (Wildman–Crippen MR) is 70.6 cm³/mol. The van der Waals surface area contributed by atoms with Crippen molar-refractivity contribution in [3.05, 3.63) is 33.9 Å². The van der Waals surface area contributed by atoms with Gasteiger partial charge in [0, 0.05) is 39.6 Å². The fourth-order valence-electron chi connectivity index (χ4n) is 2.47. The molecule has 0 atom stereocenters. The van der Waals surface area contributed by atoms with Gasteiger partial charge < -0.3 is 10.3 Å². The third kappa shape index (κ3) is 1.59. The molecule has 1 aliphatic rings. The zero-order valence-electron chi connectivity index (χ0n) is 9.52. The van der Waals surface area contributed by atoms with Crippen molar-refractivity contribution in [2.24, 2.45) is 0 Å². The van der Waals surface area contributed by atoms with Gasteiger partial charge in [-0.25, -0.2) is 0 Å². The summed E-state index contributed by atoms with van der Waals surface area (Å²) in [5.74, 6) is 0. The molecule has 0 aliphatic carbocycles. The number of aromatic amines is 1. The summed E-state index contributed by atoms with van der Waals surface area (Å²) in [5, 5.41) is 4.92. The third-order valence-electron chi connectivity index (χ3n) is 3.32. The van der Waals surface area contributed by atoms with E-state index in [9.17, 15) is 0 Å². The van der Waals surface area contributed by atoms with Gasteiger partial charge in [0.2, 0.25) is 0 Å². The number of aromatic nitrogens is 1. The second-order valence-corrected chi connectivity index (χ2v) is 6.10. The Bertz CT molecular complexity index is 554. The van der Waals surface area contributed by atoms with E-state index in [0.717, 1.165) is 17.4 Å². The van der Waals surface area contributed by atoms with E-state index in [1.807, 2.05) is 0 Å². The highest BCUT2D eigenvalue weighted by Gasteiger charge is 2.26. The standard InChI is InChI=1S/C13H15BrN2/c1-13(2)6-12-10(7-15-13)9-4-3-8(14)5-11(9)16-12/h3-5,15-16H,6-7H2,1-2H3. The Labute approximate surface area is 104 Å². The van der Waals surface area contributed by atoms with Gasteiger partial charge in [0.05, 0.1) is 0 Å². The van der Waals surface area contributed by atoms with Crippen LogP contribution in [0.5, 0.6) is 0 Å². The van der Waals surface area contributed by atoms with Crippen LogP contribution in [0.3, 0.4) is 0 Å². The van der Waals surface area contributed by atoms with Gasteiger partial charge in [-0.1, -0.05) is 22.0 Å². The van der Waals surface area contributed by atoms with Crippen molar-refractivity contribution < 1.29 is 0 Å². The summed E-state index contributed by atoms with van der Waals surface area (Å²) >= 11 is 3.51. The van der Waals surface area contributed by atoms with E-state index < -0.39 is 0 Å². The number of hydrogen-bond acceptors (Lipinski definition) is 1. The number of nitrogens with one attached hydrogen (secondary N) is 2. The van der Waals surface area contributed by atoms with Gasteiger partial charge in [-0.2, -0.15) is 0 Å². The lowest BCUT2D eigenvalue weighted by molar-refractivity contribution is 0.360. The number of hydrogen-bond donors (Lipinski definition) is 2. The molecule has 0 spiro atoms. The molecule has 3 rings (SSSR count). The van der Waals surface area contributed by atoms with E-state index >= 15 is 0 Å². The minimum Gasteiger partial charge on any atom is -0.358 e. The summed E-state index contributed by atoms with van der Waals surface area (Å²) < 4.78 is 1.13. The number of benzene rings is 1. The molecule has 2 aromatic rings. The first-order valence-electron chi connectivity index (χ1n) is 5.59. The summed E-state index contributed by atoms with van der Waals surface area (Å²) in [5.41, 5.74) is 4.25. The minimum absolute atomic E-state index is 0.200. The summed E-state index contributed by atoms with van der Waals surface area (Å²) in [6.45, 7) is 5.46. The highest BCUT2D eigenvalue weighted by molar-refractivity contribution is 9.10. The van der Waals surface area contributed by atoms with Crippen molar-refractivity contribution in [2.45, 2.75) is 32.4 Å². The fourth-order valence-corrected chi connectivity index (χ4v) is 2.83. The Morgan fingerprint density at radius 1 is 1.31 bits per heavy atom. The molecule has 0 saturated heterocycles. The van der Waals surface area contributed by atoms with Crippen LogP contribution in [-0.4, -0.2) is 10.5 Å². The minimum atomic E-state index is 0.200. The average molecular weight is 279 g/mol. The van der Waals surface area contributed by atoms with E-state index in [-0.39, 0.29) is 5.54 Å². The van der Waals surface area contributed by atoms with E-state index in [0.29, 0.717) is 0 Å². The molecule has 1 aromatic carbocycles. The molecule has 0 saturated carbocycles. The summed E-state index contributed by atoms with van der Waals surface area (Å²) in [7, 11) is 0. The van der Waals surface area contributed by atoms with Crippen LogP contribution in [0.1, 0.15) is 25.1 Å². The maximum Gasteiger partial charge on any atom is 0.0470 e. The molecule has 0 radical (unpaired) electrons. The van der Waals surface area contributed by atoms with Crippen LogP contribution in [0.2, 0.25) is 0 Å². The Morgan fingerprint density at radius 2 is 2.12 bits per heavy atom. The molecule has 1 aliphatic heterocycles. The van der Waals surface area contributed by atoms with Gasteiger partial charge in [-0.05, 0) is 31.5 Å². The van der Waals surface area contributed by atoms with Crippen LogP contribution in [-0.2, 0) is 13.0 Å². The molecule has 0 bridgehead atoms. The molecule has 16 heavy (non-hydrogen) atoms. The Balaban J connectivity index is 2.20. The largest absolute Gasteiger partial charge is 0.358 e. The van der Waals surface area contributed by atoms with Crippen LogP contribution in [0.15, 0.2) is 22.7 Å². The average Bonchev–Trinajstić information content (AvgIpc) is 2.51. The Hall–Kier alpha value is -0.800. The van der Waals surface area contributed by atoms with Crippen molar-refractivity contribution in [1.82, 2.24) is 10.3 Å². The number of halogens is 1. The lowest BCUT2D eigenvalue weighted by Crippen LogP contribution is -2.44. The van der Waals surface area contributed by atoms with Crippen molar-refractivity contribution in [3.8, 4) is 0 Å². The van der Waals surface area contributed by atoms with Crippen molar-refractivity contribution >= 4 is 26.8 Å². The normalized spacial score (nSPS) is 18.7. The van der Waals surface area contributed by atoms with Gasteiger partial charge in [0.15, 0.2) is 0 Å². The maximum atomic E-state index is 3.58. The first-order chi connectivity index (χ1) is 7.55. The van der Waals surface area contributed by atoms with E-state index in [1.54, 1.807) is 0 Å². The topological polar surface area (TPSA) is 27.8 Å². The van der Waals surface area contributed by atoms with Crippen LogP contribution >= 0.6 is 15.9 Å². The lowest BCUT2D eigenvalue weighted by Gasteiger charge is -2.31. The zero-order chi connectivity index (χ0) is 11.3. The molecule has 2 N–H and O–H groups in total. The molecule has 1 aromatic heterocycles. The van der Waals surface area contributed by atoms with Crippen molar-refractivity contribution in [2.75, 3.05) is 0 Å². The van der Waals surface area contributed by atoms with Crippen LogP contribution in [0.4, 0.5) is 0 Å². The molecule has 0 unspecified atom stereocenters. The van der Waals surface area contributed by atoms with Gasteiger partial charge >= 0.3 is 0 Å². The molecular formula is C13H15BrN2. The molecule has 84 valence electrons. The quantitative estimate of drug-likeness (QED) is 0.760. The summed E-state index contributed by atoms with van der Waals surface area (Å²) in [6.07, 6.45) is 1.06. The Morgan fingerprint density at radius 3 is 2.94 bits per heavy atom. The number of H-pyrrole nitrogens is 1. The zero-order valence-corrected chi connectivity index (χ0v) is 11.1. The Kier molecular flexibility index (Phi) is 2.17. The molecule has 0 amide bonds. The fraction of sp³-hybridized carbons (Fsp3) is 0.385. The highest BCUT2D eigenvalue weighted by Crippen LogP contribution is 2.30. The SMILES string of the molecule is CC1(C)Cc2[nH]c3cc(Br)ccc3c2CN1. The van der Waals surface area contributed by atoms with Crippen LogP contribution in [0, 0.1) is 0 Å². The maximum absolute atomic E-state index is 3.58. The third-order valence-corrected chi connectivity index (χ3v) is 3.81. The monoisotopic (exact) mass is 278 g/mol. The molecular weight excluding hydrogens is 264 g/mol. The second-order valence-electron chi connectivity index (χ2n) is 5.19. The number of fused-ring (bicyclic) bond motifs is 3. The molecule has 0 fully saturated rings.